The zero-order valence-electron chi connectivity index (χ0n) is 14.6. The van der Waals surface area contributed by atoms with Crippen molar-refractivity contribution in [3.63, 3.8) is 0 Å². The SMILES string of the molecule is C[C@@H](O)c1cc2n(n1)CCN(C(=O)CCCOCc1ccccc1)C2. The molecule has 2 heterocycles. The van der Waals surface area contributed by atoms with Crippen LogP contribution in [0.2, 0.25) is 0 Å². The van der Waals surface area contributed by atoms with Gasteiger partial charge in [-0.15, -0.1) is 0 Å². The highest BCUT2D eigenvalue weighted by molar-refractivity contribution is 5.76. The predicted molar refractivity (Wildman–Crippen MR) is 93.6 cm³/mol. The highest BCUT2D eigenvalue weighted by Gasteiger charge is 2.22. The number of aliphatic hydroxyl groups is 1. The molecule has 0 saturated heterocycles. The van der Waals surface area contributed by atoms with Gasteiger partial charge in [-0.3, -0.25) is 9.48 Å². The summed E-state index contributed by atoms with van der Waals surface area (Å²) in [5.74, 6) is 0.148. The molecule has 1 amide bonds. The maximum atomic E-state index is 12.4. The monoisotopic (exact) mass is 343 g/mol. The van der Waals surface area contributed by atoms with Gasteiger partial charge in [0.1, 0.15) is 0 Å². The Balaban J connectivity index is 1.40. The minimum absolute atomic E-state index is 0.148. The predicted octanol–water partition coefficient (Wildman–Crippen LogP) is 2.28. The lowest BCUT2D eigenvalue weighted by Crippen LogP contribution is -2.38. The fourth-order valence-corrected chi connectivity index (χ4v) is 2.95. The number of aliphatic hydroxyl groups excluding tert-OH is 1. The quantitative estimate of drug-likeness (QED) is 0.783. The summed E-state index contributed by atoms with van der Waals surface area (Å²) in [6.45, 7) is 4.77. The van der Waals surface area contributed by atoms with E-state index in [9.17, 15) is 9.90 Å². The first-order valence-electron chi connectivity index (χ1n) is 8.77. The number of ether oxygens (including phenoxy) is 1. The maximum absolute atomic E-state index is 12.4. The van der Waals surface area contributed by atoms with Crippen LogP contribution in [0.5, 0.6) is 0 Å². The Morgan fingerprint density at radius 3 is 2.88 bits per heavy atom. The first kappa shape index (κ1) is 17.6. The van der Waals surface area contributed by atoms with Crippen molar-refractivity contribution in [2.24, 2.45) is 0 Å². The van der Waals surface area contributed by atoms with E-state index in [1.54, 1.807) is 6.92 Å². The average molecular weight is 343 g/mol. The van der Waals surface area contributed by atoms with Crippen LogP contribution in [0.4, 0.5) is 0 Å². The van der Waals surface area contributed by atoms with E-state index in [2.05, 4.69) is 5.10 Å². The van der Waals surface area contributed by atoms with Gasteiger partial charge >= 0.3 is 0 Å². The number of amides is 1. The van der Waals surface area contributed by atoms with Crippen LogP contribution in [0.15, 0.2) is 36.4 Å². The van der Waals surface area contributed by atoms with E-state index in [4.69, 9.17) is 4.74 Å². The van der Waals surface area contributed by atoms with Gasteiger partial charge in [0.05, 0.1) is 37.2 Å². The second-order valence-electron chi connectivity index (χ2n) is 6.42. The molecule has 0 fully saturated rings. The highest BCUT2D eigenvalue weighted by atomic mass is 16.5. The molecule has 1 aliphatic rings. The Morgan fingerprint density at radius 1 is 1.32 bits per heavy atom. The molecule has 6 heteroatoms. The second-order valence-corrected chi connectivity index (χ2v) is 6.42. The fourth-order valence-electron chi connectivity index (χ4n) is 2.95. The molecule has 1 aliphatic heterocycles. The first-order valence-corrected chi connectivity index (χ1v) is 8.77. The van der Waals surface area contributed by atoms with Crippen molar-refractivity contribution in [2.75, 3.05) is 13.2 Å². The Labute approximate surface area is 148 Å². The number of carbonyl (C=O) groups excluding carboxylic acids is 1. The van der Waals surface area contributed by atoms with Gasteiger partial charge in [-0.05, 0) is 25.0 Å². The van der Waals surface area contributed by atoms with Crippen molar-refractivity contribution < 1.29 is 14.6 Å². The number of aromatic nitrogens is 2. The van der Waals surface area contributed by atoms with E-state index in [1.165, 1.54) is 0 Å². The number of nitrogens with zero attached hydrogens (tertiary/aromatic N) is 3. The summed E-state index contributed by atoms with van der Waals surface area (Å²) >= 11 is 0. The van der Waals surface area contributed by atoms with Crippen LogP contribution < -0.4 is 0 Å². The Hall–Kier alpha value is -2.18. The van der Waals surface area contributed by atoms with Crippen molar-refractivity contribution in [3.05, 3.63) is 53.3 Å². The smallest absolute Gasteiger partial charge is 0.223 e. The molecule has 1 aromatic heterocycles. The van der Waals surface area contributed by atoms with Crippen molar-refractivity contribution in [1.82, 2.24) is 14.7 Å². The summed E-state index contributed by atoms with van der Waals surface area (Å²) in [4.78, 5) is 14.2. The highest BCUT2D eigenvalue weighted by Crippen LogP contribution is 2.18. The number of carbonyl (C=O) groups is 1. The zero-order valence-corrected chi connectivity index (χ0v) is 14.6. The molecule has 0 spiro atoms. The van der Waals surface area contributed by atoms with Gasteiger partial charge in [0.15, 0.2) is 0 Å². The molecule has 6 nitrogen and oxygen atoms in total. The third kappa shape index (κ3) is 4.67. The van der Waals surface area contributed by atoms with Crippen molar-refractivity contribution in [1.29, 1.82) is 0 Å². The van der Waals surface area contributed by atoms with Gasteiger partial charge in [0, 0.05) is 19.6 Å². The molecular formula is C19H25N3O3. The molecule has 1 N–H and O–H groups in total. The topological polar surface area (TPSA) is 67.6 Å². The summed E-state index contributed by atoms with van der Waals surface area (Å²) in [6.07, 6.45) is 0.635. The summed E-state index contributed by atoms with van der Waals surface area (Å²) in [7, 11) is 0. The molecule has 0 aliphatic carbocycles. The third-order valence-electron chi connectivity index (χ3n) is 4.39. The summed E-state index contributed by atoms with van der Waals surface area (Å²) in [5.41, 5.74) is 2.79. The molecule has 0 saturated carbocycles. The Bertz CT molecular complexity index is 697. The van der Waals surface area contributed by atoms with Crippen LogP contribution in [-0.4, -0.2) is 38.8 Å². The lowest BCUT2D eigenvalue weighted by atomic mass is 10.2. The van der Waals surface area contributed by atoms with Gasteiger partial charge in [-0.1, -0.05) is 30.3 Å². The van der Waals surface area contributed by atoms with Crippen molar-refractivity contribution >= 4 is 5.91 Å². The number of hydrogen-bond donors (Lipinski definition) is 1. The fraction of sp³-hybridized carbons (Fsp3) is 0.474. The summed E-state index contributed by atoms with van der Waals surface area (Å²) in [6, 6.07) is 11.9. The van der Waals surface area contributed by atoms with Gasteiger partial charge in [-0.2, -0.15) is 5.10 Å². The van der Waals surface area contributed by atoms with E-state index >= 15 is 0 Å². The third-order valence-corrected chi connectivity index (χ3v) is 4.39. The van der Waals surface area contributed by atoms with E-state index in [0.717, 1.165) is 17.7 Å². The lowest BCUT2D eigenvalue weighted by Gasteiger charge is -2.27. The van der Waals surface area contributed by atoms with Crippen molar-refractivity contribution in [2.45, 2.75) is 45.6 Å². The standard InChI is InChI=1S/C19H25N3O3/c1-15(23)18-12-17-13-21(9-10-22(17)20-18)19(24)8-5-11-25-14-16-6-3-2-4-7-16/h2-4,6-7,12,15,23H,5,8-11,13-14H2,1H3/t15-/m1/s1. The minimum atomic E-state index is -0.580. The molecular weight excluding hydrogens is 318 g/mol. The van der Waals surface area contributed by atoms with Crippen LogP contribution in [0.1, 0.15) is 42.8 Å². The van der Waals surface area contributed by atoms with Gasteiger partial charge in [0.2, 0.25) is 5.91 Å². The van der Waals surface area contributed by atoms with E-state index in [-0.39, 0.29) is 5.91 Å². The number of rotatable bonds is 7. The van der Waals surface area contributed by atoms with Gasteiger partial charge < -0.3 is 14.7 Å². The number of fused-ring (bicyclic) bond motifs is 1. The molecule has 25 heavy (non-hydrogen) atoms. The number of hydrogen-bond acceptors (Lipinski definition) is 4. The van der Waals surface area contributed by atoms with E-state index < -0.39 is 6.10 Å². The molecule has 0 bridgehead atoms. The average Bonchev–Trinajstić information content (AvgIpc) is 3.06. The van der Waals surface area contributed by atoms with E-state index in [0.29, 0.717) is 45.0 Å². The largest absolute Gasteiger partial charge is 0.387 e. The Morgan fingerprint density at radius 2 is 2.12 bits per heavy atom. The Kier molecular flexibility index (Phi) is 5.83. The summed E-state index contributed by atoms with van der Waals surface area (Å²) < 4.78 is 7.51. The zero-order chi connectivity index (χ0) is 17.6. The van der Waals surface area contributed by atoms with Gasteiger partial charge in [0.25, 0.3) is 0 Å². The molecule has 134 valence electrons. The van der Waals surface area contributed by atoms with Crippen molar-refractivity contribution in [3.8, 4) is 0 Å². The molecule has 0 unspecified atom stereocenters. The second kappa shape index (κ2) is 8.27. The maximum Gasteiger partial charge on any atom is 0.223 e. The van der Waals surface area contributed by atoms with Crippen LogP contribution in [0.3, 0.4) is 0 Å². The lowest BCUT2D eigenvalue weighted by molar-refractivity contribution is -0.133. The number of benzene rings is 1. The van der Waals surface area contributed by atoms with Crippen LogP contribution in [0.25, 0.3) is 0 Å². The molecule has 3 rings (SSSR count). The first-order chi connectivity index (χ1) is 12.1. The van der Waals surface area contributed by atoms with Gasteiger partial charge in [-0.25, -0.2) is 0 Å². The summed E-state index contributed by atoms with van der Waals surface area (Å²) in [5, 5.41) is 14.0. The normalized spacial score (nSPS) is 15.0. The minimum Gasteiger partial charge on any atom is -0.387 e. The van der Waals surface area contributed by atoms with Crippen LogP contribution in [0, 0.1) is 0 Å². The molecule has 1 atom stereocenters. The molecule has 1 aromatic carbocycles. The van der Waals surface area contributed by atoms with E-state index in [1.807, 2.05) is 46.0 Å². The molecule has 0 radical (unpaired) electrons. The van der Waals surface area contributed by atoms with Crippen LogP contribution >= 0.6 is 0 Å². The van der Waals surface area contributed by atoms with Crippen LogP contribution in [-0.2, 0) is 29.2 Å². The molecule has 2 aromatic rings.